The second-order valence-corrected chi connectivity index (χ2v) is 7.26. The van der Waals surface area contributed by atoms with E-state index in [0.717, 1.165) is 26.5 Å². The number of esters is 1. The zero-order chi connectivity index (χ0) is 20.5. The number of carbonyl (C=O) groups excluding carboxylic acids is 2. The van der Waals surface area contributed by atoms with Crippen LogP contribution < -0.4 is 10.1 Å². The van der Waals surface area contributed by atoms with Crippen LogP contribution in [0, 0.1) is 0 Å². The van der Waals surface area contributed by atoms with Crippen LogP contribution in [0.2, 0.25) is 0 Å². The Morgan fingerprint density at radius 1 is 1.07 bits per heavy atom. The van der Waals surface area contributed by atoms with Gasteiger partial charge in [0.15, 0.2) is 6.61 Å². The highest BCUT2D eigenvalue weighted by molar-refractivity contribution is 7.18. The van der Waals surface area contributed by atoms with Crippen molar-refractivity contribution in [3.8, 4) is 5.75 Å². The molecule has 2 aromatic carbocycles. The number of hydrogen-bond acceptors (Lipinski definition) is 7. The standard InChI is InChI=1S/C21H22N2O5S/c1-26-17-8-4-2-6-15(17)10-11-22-19(24)12-28-21(25)14-27-13-20-23-16-7-3-5-9-18(16)29-20/h2-9H,10-14H2,1H3,(H,22,24). The fourth-order valence-electron chi connectivity index (χ4n) is 2.69. The number of nitrogens with zero attached hydrogens (tertiary/aromatic N) is 1. The van der Waals surface area contributed by atoms with Crippen LogP contribution in [0.25, 0.3) is 10.2 Å². The van der Waals surface area contributed by atoms with Crippen LogP contribution in [0.5, 0.6) is 5.75 Å². The number of thiazole rings is 1. The maximum atomic E-state index is 11.8. The Balaban J connectivity index is 1.31. The molecular formula is C21H22N2O5S. The largest absolute Gasteiger partial charge is 0.496 e. The molecule has 0 saturated heterocycles. The molecule has 0 bridgehead atoms. The summed E-state index contributed by atoms with van der Waals surface area (Å²) in [5.41, 5.74) is 1.90. The van der Waals surface area contributed by atoms with E-state index in [1.54, 1.807) is 7.11 Å². The van der Waals surface area contributed by atoms with Gasteiger partial charge < -0.3 is 19.5 Å². The summed E-state index contributed by atoms with van der Waals surface area (Å²) in [6.45, 7) is 0.0735. The second-order valence-electron chi connectivity index (χ2n) is 6.14. The van der Waals surface area contributed by atoms with E-state index < -0.39 is 5.97 Å². The minimum absolute atomic E-state index is 0.222. The van der Waals surface area contributed by atoms with Crippen molar-refractivity contribution in [3.63, 3.8) is 0 Å². The molecule has 0 atom stereocenters. The fourth-order valence-corrected chi connectivity index (χ4v) is 3.59. The lowest BCUT2D eigenvalue weighted by atomic mass is 10.1. The summed E-state index contributed by atoms with van der Waals surface area (Å²) in [6.07, 6.45) is 0.620. The molecule has 0 aliphatic rings. The SMILES string of the molecule is COc1ccccc1CCNC(=O)COC(=O)COCc1nc2ccccc2s1. The topological polar surface area (TPSA) is 86.8 Å². The van der Waals surface area contributed by atoms with E-state index in [9.17, 15) is 9.59 Å². The van der Waals surface area contributed by atoms with Gasteiger partial charge in [-0.1, -0.05) is 30.3 Å². The van der Waals surface area contributed by atoms with Gasteiger partial charge in [0.25, 0.3) is 5.91 Å². The molecule has 0 aliphatic heterocycles. The summed E-state index contributed by atoms with van der Waals surface area (Å²) in [5.74, 6) is -0.177. The van der Waals surface area contributed by atoms with Gasteiger partial charge in [0.1, 0.15) is 17.4 Å². The first kappa shape index (κ1) is 20.8. The normalized spacial score (nSPS) is 10.7. The van der Waals surface area contributed by atoms with Crippen LogP contribution in [0.4, 0.5) is 0 Å². The molecule has 29 heavy (non-hydrogen) atoms. The van der Waals surface area contributed by atoms with E-state index in [-0.39, 0.29) is 25.7 Å². The summed E-state index contributed by atoms with van der Waals surface area (Å²) in [7, 11) is 1.61. The lowest BCUT2D eigenvalue weighted by molar-refractivity contribution is -0.153. The number of amides is 1. The monoisotopic (exact) mass is 414 g/mol. The number of hydrogen-bond donors (Lipinski definition) is 1. The van der Waals surface area contributed by atoms with E-state index in [4.69, 9.17) is 14.2 Å². The van der Waals surface area contributed by atoms with Crippen LogP contribution in [0.3, 0.4) is 0 Å². The van der Waals surface area contributed by atoms with Gasteiger partial charge in [0.05, 0.1) is 23.9 Å². The van der Waals surface area contributed by atoms with Crippen molar-refractivity contribution in [3.05, 3.63) is 59.1 Å². The Labute approximate surface area is 172 Å². The number of methoxy groups -OCH3 is 1. The number of aromatic nitrogens is 1. The predicted molar refractivity (Wildman–Crippen MR) is 110 cm³/mol. The maximum absolute atomic E-state index is 11.8. The third kappa shape index (κ3) is 6.27. The zero-order valence-corrected chi connectivity index (χ0v) is 16.9. The molecule has 7 nitrogen and oxygen atoms in total. The Hall–Kier alpha value is -2.97. The molecular weight excluding hydrogens is 392 g/mol. The smallest absolute Gasteiger partial charge is 0.332 e. The van der Waals surface area contributed by atoms with Gasteiger partial charge in [-0.05, 0) is 30.2 Å². The third-order valence-corrected chi connectivity index (χ3v) is 5.07. The van der Waals surface area contributed by atoms with Crippen molar-refractivity contribution in [1.29, 1.82) is 0 Å². The van der Waals surface area contributed by atoms with Gasteiger partial charge in [-0.2, -0.15) is 0 Å². The van der Waals surface area contributed by atoms with Crippen LogP contribution in [-0.4, -0.2) is 43.7 Å². The average molecular weight is 414 g/mol. The molecule has 152 valence electrons. The van der Waals surface area contributed by atoms with Gasteiger partial charge in [0.2, 0.25) is 0 Å². The fraction of sp³-hybridized carbons (Fsp3) is 0.286. The first-order valence-corrected chi connectivity index (χ1v) is 9.94. The van der Waals surface area contributed by atoms with Crippen molar-refractivity contribution >= 4 is 33.4 Å². The van der Waals surface area contributed by atoms with E-state index in [2.05, 4.69) is 10.3 Å². The molecule has 0 aliphatic carbocycles. The summed E-state index contributed by atoms with van der Waals surface area (Å²) >= 11 is 1.52. The predicted octanol–water partition coefficient (Wildman–Crippen LogP) is 2.72. The summed E-state index contributed by atoms with van der Waals surface area (Å²) in [6, 6.07) is 15.4. The average Bonchev–Trinajstić information content (AvgIpc) is 3.15. The number of ether oxygens (including phenoxy) is 3. The molecule has 8 heteroatoms. The van der Waals surface area contributed by atoms with Crippen molar-refractivity contribution in [2.75, 3.05) is 26.9 Å². The van der Waals surface area contributed by atoms with Crippen molar-refractivity contribution in [2.45, 2.75) is 13.0 Å². The van der Waals surface area contributed by atoms with E-state index in [1.807, 2.05) is 48.5 Å². The second kappa shape index (κ2) is 10.5. The summed E-state index contributed by atoms with van der Waals surface area (Å²) in [4.78, 5) is 28.0. The molecule has 0 unspecified atom stereocenters. The zero-order valence-electron chi connectivity index (χ0n) is 16.1. The van der Waals surface area contributed by atoms with Gasteiger partial charge in [-0.25, -0.2) is 9.78 Å². The highest BCUT2D eigenvalue weighted by Gasteiger charge is 2.10. The first-order valence-electron chi connectivity index (χ1n) is 9.12. The van der Waals surface area contributed by atoms with Crippen molar-refractivity contribution < 1.29 is 23.8 Å². The number of carbonyl (C=O) groups is 2. The van der Waals surface area contributed by atoms with E-state index in [1.165, 1.54) is 11.3 Å². The van der Waals surface area contributed by atoms with Gasteiger partial charge in [-0.3, -0.25) is 4.79 Å². The molecule has 1 heterocycles. The van der Waals surface area contributed by atoms with Crippen LogP contribution in [-0.2, 0) is 32.1 Å². The molecule has 1 amide bonds. The van der Waals surface area contributed by atoms with Gasteiger partial charge in [0, 0.05) is 6.54 Å². The van der Waals surface area contributed by atoms with Crippen molar-refractivity contribution in [1.82, 2.24) is 10.3 Å². The lowest BCUT2D eigenvalue weighted by Gasteiger charge is -2.09. The third-order valence-electron chi connectivity index (χ3n) is 4.06. The van der Waals surface area contributed by atoms with Crippen molar-refractivity contribution in [2.24, 2.45) is 0 Å². The highest BCUT2D eigenvalue weighted by atomic mass is 32.1. The first-order chi connectivity index (χ1) is 14.2. The van der Waals surface area contributed by atoms with Gasteiger partial charge in [-0.15, -0.1) is 11.3 Å². The number of nitrogens with one attached hydrogen (secondary N) is 1. The maximum Gasteiger partial charge on any atom is 0.332 e. The van der Waals surface area contributed by atoms with E-state index in [0.29, 0.717) is 13.0 Å². The molecule has 1 N–H and O–H groups in total. The minimum atomic E-state index is -0.592. The number of benzene rings is 2. The minimum Gasteiger partial charge on any atom is -0.496 e. The highest BCUT2D eigenvalue weighted by Crippen LogP contribution is 2.21. The van der Waals surface area contributed by atoms with Gasteiger partial charge >= 0.3 is 5.97 Å². The Morgan fingerprint density at radius 3 is 2.69 bits per heavy atom. The Morgan fingerprint density at radius 2 is 1.86 bits per heavy atom. The number of rotatable bonds is 10. The summed E-state index contributed by atoms with van der Waals surface area (Å²) < 4.78 is 16.6. The molecule has 0 fully saturated rings. The Bertz CT molecular complexity index is 939. The molecule has 0 saturated carbocycles. The lowest BCUT2D eigenvalue weighted by Crippen LogP contribution is -2.31. The Kier molecular flexibility index (Phi) is 7.54. The number of fused-ring (bicyclic) bond motifs is 1. The van der Waals surface area contributed by atoms with E-state index >= 15 is 0 Å². The van der Waals surface area contributed by atoms with Crippen LogP contribution in [0.15, 0.2) is 48.5 Å². The molecule has 1 aromatic heterocycles. The van der Waals surface area contributed by atoms with Crippen LogP contribution >= 0.6 is 11.3 Å². The molecule has 0 radical (unpaired) electrons. The quantitative estimate of drug-likeness (QED) is 0.514. The summed E-state index contributed by atoms with van der Waals surface area (Å²) in [5, 5.41) is 3.50. The molecule has 3 rings (SSSR count). The molecule has 3 aromatic rings. The number of para-hydroxylation sites is 2. The molecule has 0 spiro atoms. The van der Waals surface area contributed by atoms with Crippen LogP contribution in [0.1, 0.15) is 10.6 Å².